The summed E-state index contributed by atoms with van der Waals surface area (Å²) in [6, 6.07) is 0. The van der Waals surface area contributed by atoms with Gasteiger partial charge in [-0.2, -0.15) is 0 Å². The van der Waals surface area contributed by atoms with Crippen LogP contribution in [-0.2, 0) is 0 Å². The van der Waals surface area contributed by atoms with Crippen LogP contribution in [0, 0.1) is 13.8 Å². The minimum atomic E-state index is -0.751. The molecular formula is C12H20ClN3O. The van der Waals surface area contributed by atoms with Crippen LogP contribution in [0.5, 0.6) is 0 Å². The van der Waals surface area contributed by atoms with Crippen molar-refractivity contribution in [2.75, 3.05) is 11.9 Å². The molecule has 1 unspecified atom stereocenters. The zero-order valence-corrected chi connectivity index (χ0v) is 11.6. The Hall–Kier alpha value is -0.870. The number of hydrogen-bond donors (Lipinski definition) is 2. The Morgan fingerprint density at radius 2 is 1.88 bits per heavy atom. The fourth-order valence-corrected chi connectivity index (χ4v) is 1.83. The summed E-state index contributed by atoms with van der Waals surface area (Å²) in [6.07, 6.45) is 1.66. The molecule has 1 rings (SSSR count). The molecule has 0 aromatic carbocycles. The monoisotopic (exact) mass is 257 g/mol. The summed E-state index contributed by atoms with van der Waals surface area (Å²) in [5.74, 6) is 0.533. The van der Waals surface area contributed by atoms with E-state index in [1.807, 2.05) is 20.8 Å². The quantitative estimate of drug-likeness (QED) is 0.852. The van der Waals surface area contributed by atoms with E-state index >= 15 is 0 Å². The number of aliphatic hydroxyl groups is 1. The number of halogens is 1. The summed E-state index contributed by atoms with van der Waals surface area (Å²) in [5, 5.41) is 13.4. The third kappa shape index (κ3) is 4.13. The van der Waals surface area contributed by atoms with Crippen LogP contribution in [0.3, 0.4) is 0 Å². The van der Waals surface area contributed by atoms with E-state index < -0.39 is 5.60 Å². The number of aryl methyl sites for hydroxylation is 2. The fourth-order valence-electron chi connectivity index (χ4n) is 1.59. The molecule has 96 valence electrons. The molecule has 0 aliphatic carbocycles. The highest BCUT2D eigenvalue weighted by Gasteiger charge is 2.19. The highest BCUT2D eigenvalue weighted by atomic mass is 35.5. The van der Waals surface area contributed by atoms with Crippen molar-refractivity contribution in [1.29, 1.82) is 0 Å². The van der Waals surface area contributed by atoms with Gasteiger partial charge in [0.25, 0.3) is 0 Å². The number of nitrogens with zero attached hydrogens (tertiary/aromatic N) is 2. The van der Waals surface area contributed by atoms with Crippen molar-refractivity contribution in [3.8, 4) is 0 Å². The molecule has 1 aromatic heterocycles. The highest BCUT2D eigenvalue weighted by Crippen LogP contribution is 2.20. The molecule has 0 saturated carbocycles. The van der Waals surface area contributed by atoms with Crippen LogP contribution in [0.1, 0.15) is 38.1 Å². The zero-order valence-electron chi connectivity index (χ0n) is 10.8. The van der Waals surface area contributed by atoms with Gasteiger partial charge in [-0.3, -0.25) is 0 Å². The van der Waals surface area contributed by atoms with Gasteiger partial charge < -0.3 is 10.4 Å². The average molecular weight is 258 g/mol. The number of anilines is 1. The number of aromatic nitrogens is 2. The molecule has 17 heavy (non-hydrogen) atoms. The van der Waals surface area contributed by atoms with Crippen LogP contribution in [0.4, 0.5) is 5.82 Å². The average Bonchev–Trinajstić information content (AvgIpc) is 2.21. The first kappa shape index (κ1) is 14.2. The summed E-state index contributed by atoms with van der Waals surface area (Å²) < 4.78 is 0. The lowest BCUT2D eigenvalue weighted by Crippen LogP contribution is -2.33. The lowest BCUT2D eigenvalue weighted by molar-refractivity contribution is 0.0636. The van der Waals surface area contributed by atoms with E-state index in [1.165, 1.54) is 0 Å². The molecule has 0 amide bonds. The summed E-state index contributed by atoms with van der Waals surface area (Å²) >= 11 is 5.99. The Bertz CT molecular complexity index is 394. The Kier molecular flexibility index (Phi) is 4.71. The van der Waals surface area contributed by atoms with Crippen LogP contribution in [0.25, 0.3) is 0 Å². The van der Waals surface area contributed by atoms with Gasteiger partial charge in [0, 0.05) is 6.54 Å². The second-order valence-corrected chi connectivity index (χ2v) is 4.99. The highest BCUT2D eigenvalue weighted by molar-refractivity contribution is 6.31. The smallest absolute Gasteiger partial charge is 0.171 e. The Morgan fingerprint density at radius 3 is 2.47 bits per heavy atom. The van der Waals surface area contributed by atoms with Crippen molar-refractivity contribution >= 4 is 17.4 Å². The van der Waals surface area contributed by atoms with Gasteiger partial charge in [-0.25, -0.2) is 9.97 Å². The van der Waals surface area contributed by atoms with Crippen LogP contribution >= 0.6 is 11.6 Å². The molecule has 1 aromatic rings. The predicted octanol–water partition coefficient (Wildman–Crippen LogP) is 2.71. The Labute approximate surface area is 107 Å². The molecule has 5 heteroatoms. The summed E-state index contributed by atoms with van der Waals surface area (Å²) in [7, 11) is 0. The maximum Gasteiger partial charge on any atom is 0.171 e. The summed E-state index contributed by atoms with van der Waals surface area (Å²) in [4.78, 5) is 8.50. The van der Waals surface area contributed by atoms with Crippen LogP contribution in [-0.4, -0.2) is 27.2 Å². The Morgan fingerprint density at radius 1 is 1.29 bits per heavy atom. The predicted molar refractivity (Wildman–Crippen MR) is 70.5 cm³/mol. The number of hydrogen-bond acceptors (Lipinski definition) is 4. The third-order valence-electron chi connectivity index (χ3n) is 2.69. The van der Waals surface area contributed by atoms with Gasteiger partial charge in [0.2, 0.25) is 0 Å². The zero-order chi connectivity index (χ0) is 13.1. The van der Waals surface area contributed by atoms with Crippen LogP contribution < -0.4 is 5.32 Å². The Balaban J connectivity index is 2.73. The van der Waals surface area contributed by atoms with Crippen molar-refractivity contribution in [3.63, 3.8) is 0 Å². The van der Waals surface area contributed by atoms with Crippen molar-refractivity contribution in [1.82, 2.24) is 9.97 Å². The molecule has 0 bridgehead atoms. The van der Waals surface area contributed by atoms with E-state index in [2.05, 4.69) is 15.3 Å². The van der Waals surface area contributed by atoms with E-state index in [0.717, 1.165) is 24.2 Å². The second-order valence-electron chi connectivity index (χ2n) is 4.63. The molecule has 1 atom stereocenters. The van der Waals surface area contributed by atoms with Crippen molar-refractivity contribution in [2.24, 2.45) is 0 Å². The van der Waals surface area contributed by atoms with Crippen molar-refractivity contribution in [2.45, 2.75) is 46.1 Å². The van der Waals surface area contributed by atoms with Gasteiger partial charge in [-0.1, -0.05) is 24.9 Å². The molecule has 4 nitrogen and oxygen atoms in total. The standard InChI is InChI=1S/C12H20ClN3O/c1-5-6-12(4,17)7-14-11-10(13)15-8(2)9(3)16-11/h17H,5-7H2,1-4H3,(H,14,16). The topological polar surface area (TPSA) is 58.0 Å². The molecule has 0 radical (unpaired) electrons. The van der Waals surface area contributed by atoms with Gasteiger partial charge in [-0.15, -0.1) is 0 Å². The maximum atomic E-state index is 10.0. The largest absolute Gasteiger partial charge is 0.388 e. The van der Waals surface area contributed by atoms with Crippen LogP contribution in [0.15, 0.2) is 0 Å². The molecule has 1 heterocycles. The van der Waals surface area contributed by atoms with E-state index in [0.29, 0.717) is 17.5 Å². The summed E-state index contributed by atoms with van der Waals surface area (Å²) in [5.41, 5.74) is 0.909. The van der Waals surface area contributed by atoms with Gasteiger partial charge in [0.1, 0.15) is 0 Å². The first-order chi connectivity index (χ1) is 7.85. The first-order valence-corrected chi connectivity index (χ1v) is 6.20. The van der Waals surface area contributed by atoms with Crippen molar-refractivity contribution < 1.29 is 5.11 Å². The molecule has 0 fully saturated rings. The molecular weight excluding hydrogens is 238 g/mol. The second kappa shape index (κ2) is 5.65. The first-order valence-electron chi connectivity index (χ1n) is 5.82. The van der Waals surface area contributed by atoms with Gasteiger partial charge in [0.05, 0.1) is 17.0 Å². The SMILES string of the molecule is CCCC(C)(O)CNc1nc(C)c(C)nc1Cl. The molecule has 0 spiro atoms. The maximum absolute atomic E-state index is 10.0. The lowest BCUT2D eigenvalue weighted by Gasteiger charge is -2.23. The molecule has 2 N–H and O–H groups in total. The van der Waals surface area contributed by atoms with E-state index in [9.17, 15) is 5.11 Å². The van der Waals surface area contributed by atoms with Gasteiger partial charge >= 0.3 is 0 Å². The van der Waals surface area contributed by atoms with E-state index in [1.54, 1.807) is 6.92 Å². The van der Waals surface area contributed by atoms with Gasteiger partial charge in [0.15, 0.2) is 11.0 Å². The van der Waals surface area contributed by atoms with Crippen LogP contribution in [0.2, 0.25) is 5.15 Å². The van der Waals surface area contributed by atoms with E-state index in [4.69, 9.17) is 11.6 Å². The normalized spacial score (nSPS) is 14.5. The molecule has 0 aliphatic rings. The molecule has 0 aliphatic heterocycles. The fraction of sp³-hybridized carbons (Fsp3) is 0.667. The third-order valence-corrected chi connectivity index (χ3v) is 2.95. The van der Waals surface area contributed by atoms with Crippen molar-refractivity contribution in [3.05, 3.63) is 16.5 Å². The summed E-state index contributed by atoms with van der Waals surface area (Å²) in [6.45, 7) is 8.00. The van der Waals surface area contributed by atoms with E-state index in [-0.39, 0.29) is 0 Å². The lowest BCUT2D eigenvalue weighted by atomic mass is 10.0. The minimum Gasteiger partial charge on any atom is -0.388 e. The van der Waals surface area contributed by atoms with Gasteiger partial charge in [-0.05, 0) is 27.2 Å². The molecule has 0 saturated heterocycles. The minimum absolute atomic E-state index is 0.348. The number of rotatable bonds is 5. The number of nitrogens with one attached hydrogen (secondary N) is 1.